The lowest BCUT2D eigenvalue weighted by Crippen LogP contribution is -2.25. The van der Waals surface area contributed by atoms with Gasteiger partial charge in [-0.15, -0.1) is 11.3 Å². The van der Waals surface area contributed by atoms with Crippen molar-refractivity contribution in [1.29, 1.82) is 0 Å². The summed E-state index contributed by atoms with van der Waals surface area (Å²) in [6.45, 7) is 0. The number of sulfonamides is 1. The minimum Gasteiger partial charge on any atom is -0.495 e. The first kappa shape index (κ1) is 22.5. The Balaban J connectivity index is 1.85. The van der Waals surface area contributed by atoms with E-state index in [1.807, 2.05) is 0 Å². The molecule has 0 atom stereocenters. The van der Waals surface area contributed by atoms with Crippen molar-refractivity contribution in [2.75, 3.05) is 18.5 Å². The van der Waals surface area contributed by atoms with Crippen LogP contribution in [0.5, 0.6) is 11.5 Å². The zero-order chi connectivity index (χ0) is 22.8. The largest absolute Gasteiger partial charge is 0.495 e. The van der Waals surface area contributed by atoms with Crippen molar-refractivity contribution in [2.45, 2.75) is 9.10 Å². The van der Waals surface area contributed by atoms with Gasteiger partial charge in [0.05, 0.1) is 23.8 Å². The van der Waals surface area contributed by atoms with E-state index >= 15 is 0 Å². The number of anilines is 1. The van der Waals surface area contributed by atoms with Gasteiger partial charge in [0, 0.05) is 13.1 Å². The summed E-state index contributed by atoms with van der Waals surface area (Å²) in [5.74, 6) is -0.321. The van der Waals surface area contributed by atoms with Gasteiger partial charge in [0.1, 0.15) is 20.6 Å². The maximum absolute atomic E-state index is 12.6. The normalized spacial score (nSPS) is 11.7. The van der Waals surface area contributed by atoms with E-state index in [1.165, 1.54) is 44.5 Å². The first-order valence-electron chi connectivity index (χ1n) is 8.45. The smallest absolute Gasteiger partial charge is 0.342 e. The summed E-state index contributed by atoms with van der Waals surface area (Å²) in [6.07, 6.45) is 0. The predicted molar refractivity (Wildman–Crippen MR) is 114 cm³/mol. The second-order valence-electron chi connectivity index (χ2n) is 6.03. The van der Waals surface area contributed by atoms with E-state index in [-0.39, 0.29) is 26.3 Å². The molecule has 0 saturated heterocycles. The molecule has 0 saturated carbocycles. The van der Waals surface area contributed by atoms with Crippen LogP contribution in [-0.2, 0) is 20.1 Å². The number of methoxy groups -OCH3 is 1. The summed E-state index contributed by atoms with van der Waals surface area (Å²) in [6, 6.07) is 11.5. The Kier molecular flexibility index (Phi) is 6.20. The van der Waals surface area contributed by atoms with Crippen LogP contribution in [0.2, 0.25) is 0 Å². The predicted octanol–water partition coefficient (Wildman–Crippen LogP) is 3.26. The lowest BCUT2D eigenvalue weighted by atomic mass is 10.3. The first-order valence-corrected chi connectivity index (χ1v) is 12.2. The molecule has 3 aromatic rings. The minimum atomic E-state index is -4.37. The maximum atomic E-state index is 12.6. The summed E-state index contributed by atoms with van der Waals surface area (Å²) >= 11 is 1.08. The number of nitro groups is 1. The number of rotatable bonds is 8. The van der Waals surface area contributed by atoms with Gasteiger partial charge in [-0.3, -0.25) is 14.4 Å². The molecule has 1 aromatic heterocycles. The topological polar surface area (TPSA) is 133 Å². The molecule has 0 fully saturated rings. The van der Waals surface area contributed by atoms with Crippen LogP contribution in [0.15, 0.2) is 69.1 Å². The zero-order valence-electron chi connectivity index (χ0n) is 16.2. The van der Waals surface area contributed by atoms with E-state index in [2.05, 4.69) is 0 Å². The molecule has 0 bridgehead atoms. The molecule has 0 aliphatic heterocycles. The van der Waals surface area contributed by atoms with Crippen molar-refractivity contribution in [3.63, 3.8) is 0 Å². The van der Waals surface area contributed by atoms with E-state index in [9.17, 15) is 26.9 Å². The highest BCUT2D eigenvalue weighted by molar-refractivity contribution is 7.94. The Bertz CT molecular complexity index is 1300. The van der Waals surface area contributed by atoms with Crippen molar-refractivity contribution in [3.8, 4) is 11.5 Å². The molecule has 164 valence electrons. The maximum Gasteiger partial charge on any atom is 0.342 e. The molecule has 2 aromatic carbocycles. The molecule has 0 amide bonds. The second-order valence-corrected chi connectivity index (χ2v) is 10.7. The van der Waals surface area contributed by atoms with Crippen molar-refractivity contribution in [1.82, 2.24) is 0 Å². The van der Waals surface area contributed by atoms with Crippen LogP contribution >= 0.6 is 11.3 Å². The molecule has 0 spiro atoms. The fraction of sp³-hybridized carbons (Fsp3) is 0.111. The Morgan fingerprint density at radius 2 is 1.71 bits per heavy atom. The van der Waals surface area contributed by atoms with Gasteiger partial charge in [0.25, 0.3) is 15.7 Å². The number of non-ortho nitro benzene ring substituents is 1. The molecule has 31 heavy (non-hydrogen) atoms. The molecular formula is C18H16N2O8S3. The fourth-order valence-corrected chi connectivity index (χ4v) is 5.98. The Morgan fingerprint density at radius 3 is 2.26 bits per heavy atom. The van der Waals surface area contributed by atoms with Gasteiger partial charge in [-0.1, -0.05) is 6.07 Å². The third-order valence-corrected chi connectivity index (χ3v) is 8.59. The number of hydrogen-bond donors (Lipinski definition) is 0. The summed E-state index contributed by atoms with van der Waals surface area (Å²) in [5.41, 5.74) is -0.0406. The molecule has 0 aliphatic rings. The lowest BCUT2D eigenvalue weighted by Gasteiger charge is -2.18. The molecule has 0 radical (unpaired) electrons. The number of nitrogens with zero attached hydrogens (tertiary/aromatic N) is 2. The Hall–Kier alpha value is -3.16. The van der Waals surface area contributed by atoms with Gasteiger partial charge >= 0.3 is 10.1 Å². The molecule has 10 nitrogen and oxygen atoms in total. The van der Waals surface area contributed by atoms with Crippen molar-refractivity contribution in [2.24, 2.45) is 0 Å². The molecule has 0 aliphatic carbocycles. The monoisotopic (exact) mass is 484 g/mol. The van der Waals surface area contributed by atoms with Crippen molar-refractivity contribution in [3.05, 3.63) is 70.1 Å². The van der Waals surface area contributed by atoms with Crippen molar-refractivity contribution >= 4 is 42.9 Å². The number of benzene rings is 2. The molecule has 1 heterocycles. The number of thiophene rings is 1. The van der Waals surface area contributed by atoms with Crippen molar-refractivity contribution < 1.29 is 30.7 Å². The molecular weight excluding hydrogens is 468 g/mol. The van der Waals surface area contributed by atoms with Crippen LogP contribution in [0.3, 0.4) is 0 Å². The van der Waals surface area contributed by atoms with Gasteiger partial charge < -0.3 is 8.92 Å². The van der Waals surface area contributed by atoms with Gasteiger partial charge in [0.15, 0.2) is 0 Å². The standard InChI is InChI=1S/C18H16N2O8S3/c1-19(30(23,24)18-4-3-11-29-18)13-5-8-15(9-6-13)28-31(25,26)17-10-7-14(20(21)22)12-16(17)27-2/h3-12H,1-2H3. The van der Waals surface area contributed by atoms with Crippen LogP contribution < -0.4 is 13.2 Å². The summed E-state index contributed by atoms with van der Waals surface area (Å²) in [7, 11) is -5.56. The molecule has 0 unspecified atom stereocenters. The van der Waals surface area contributed by atoms with Gasteiger partial charge in [-0.05, 0) is 41.8 Å². The molecule has 3 rings (SSSR count). The highest BCUT2D eigenvalue weighted by atomic mass is 32.2. The number of nitro benzene ring substituents is 1. The van der Waals surface area contributed by atoms with E-state index in [1.54, 1.807) is 11.4 Å². The SMILES string of the molecule is COc1cc([N+](=O)[O-])ccc1S(=O)(=O)Oc1ccc(N(C)S(=O)(=O)c2cccs2)cc1. The van der Waals surface area contributed by atoms with Crippen LogP contribution in [-0.4, -0.2) is 35.9 Å². The quantitative estimate of drug-likeness (QED) is 0.270. The number of hydrogen-bond acceptors (Lipinski definition) is 9. The Morgan fingerprint density at radius 1 is 1.03 bits per heavy atom. The lowest BCUT2D eigenvalue weighted by molar-refractivity contribution is -0.385. The van der Waals surface area contributed by atoms with Gasteiger partial charge in [-0.2, -0.15) is 8.42 Å². The highest BCUT2D eigenvalue weighted by Gasteiger charge is 2.25. The summed E-state index contributed by atoms with van der Waals surface area (Å²) in [4.78, 5) is 9.81. The zero-order valence-corrected chi connectivity index (χ0v) is 18.6. The van der Waals surface area contributed by atoms with Crippen LogP contribution in [0, 0.1) is 10.1 Å². The Labute approximate surface area is 182 Å². The number of ether oxygens (including phenoxy) is 1. The van der Waals surface area contributed by atoms with E-state index in [0.29, 0.717) is 5.69 Å². The van der Waals surface area contributed by atoms with Crippen LogP contribution in [0.25, 0.3) is 0 Å². The average Bonchev–Trinajstić information content (AvgIpc) is 3.29. The first-order chi connectivity index (χ1) is 14.6. The fourth-order valence-electron chi connectivity index (χ4n) is 2.54. The highest BCUT2D eigenvalue weighted by Crippen LogP contribution is 2.31. The third-order valence-electron chi connectivity index (χ3n) is 4.14. The summed E-state index contributed by atoms with van der Waals surface area (Å²) in [5, 5.41) is 12.5. The average molecular weight is 485 g/mol. The van der Waals surface area contributed by atoms with E-state index in [0.717, 1.165) is 33.8 Å². The van der Waals surface area contributed by atoms with Crippen LogP contribution in [0.4, 0.5) is 11.4 Å². The molecule has 0 N–H and O–H groups in total. The van der Waals surface area contributed by atoms with Gasteiger partial charge in [0.2, 0.25) is 0 Å². The van der Waals surface area contributed by atoms with E-state index < -0.39 is 25.1 Å². The minimum absolute atomic E-state index is 0.0777. The van der Waals surface area contributed by atoms with E-state index in [4.69, 9.17) is 8.92 Å². The van der Waals surface area contributed by atoms with Gasteiger partial charge in [-0.25, -0.2) is 8.42 Å². The van der Waals surface area contributed by atoms with Crippen LogP contribution in [0.1, 0.15) is 0 Å². The third kappa shape index (κ3) is 4.62. The summed E-state index contributed by atoms with van der Waals surface area (Å²) < 4.78 is 61.7. The molecule has 13 heteroatoms. The second kappa shape index (κ2) is 8.53.